The first-order valence-corrected chi connectivity index (χ1v) is 14.2. The van der Waals surface area contributed by atoms with Gasteiger partial charge in [0.1, 0.15) is 18.1 Å². The lowest BCUT2D eigenvalue weighted by atomic mass is 9.94. The molecule has 1 aromatic heterocycles. The van der Waals surface area contributed by atoms with Crippen LogP contribution >= 0.6 is 11.3 Å². The Kier molecular flexibility index (Phi) is 9.76. The van der Waals surface area contributed by atoms with Gasteiger partial charge in [-0.05, 0) is 85.7 Å². The van der Waals surface area contributed by atoms with Crippen LogP contribution in [0.15, 0.2) is 60.0 Å². The van der Waals surface area contributed by atoms with Gasteiger partial charge in [0.2, 0.25) is 5.91 Å². The molecule has 1 heterocycles. The molecule has 2 aromatic carbocycles. The fourth-order valence-electron chi connectivity index (χ4n) is 4.78. The van der Waals surface area contributed by atoms with Crippen molar-refractivity contribution < 1.29 is 18.7 Å². The van der Waals surface area contributed by atoms with E-state index in [1.165, 1.54) is 12.1 Å². The first-order chi connectivity index (χ1) is 18.4. The Hall–Kier alpha value is -3.39. The van der Waals surface area contributed by atoms with Gasteiger partial charge in [0.25, 0.3) is 0 Å². The van der Waals surface area contributed by atoms with Crippen LogP contribution in [0.5, 0.6) is 5.75 Å². The molecular formula is C30H36FN3O3S. The number of hydrogen-bond donors (Lipinski definition) is 1. The van der Waals surface area contributed by atoms with Crippen molar-refractivity contribution in [2.75, 3.05) is 18.5 Å². The van der Waals surface area contributed by atoms with Crippen LogP contribution in [0, 0.1) is 12.7 Å². The molecule has 0 aliphatic heterocycles. The van der Waals surface area contributed by atoms with Gasteiger partial charge in [-0.1, -0.05) is 31.4 Å². The van der Waals surface area contributed by atoms with Gasteiger partial charge in [0.05, 0.1) is 13.2 Å². The van der Waals surface area contributed by atoms with Crippen LogP contribution in [0.25, 0.3) is 0 Å². The summed E-state index contributed by atoms with van der Waals surface area (Å²) in [6.45, 7) is 5.30. The Morgan fingerprint density at radius 1 is 1.00 bits per heavy atom. The van der Waals surface area contributed by atoms with Crippen LogP contribution in [0.4, 0.5) is 14.9 Å². The largest absolute Gasteiger partial charge is 0.494 e. The molecule has 1 saturated carbocycles. The summed E-state index contributed by atoms with van der Waals surface area (Å²) in [5, 5.41) is 5.00. The average molecular weight is 538 g/mol. The molecule has 202 valence electrons. The molecule has 1 N–H and O–H groups in total. The Labute approximate surface area is 228 Å². The fraction of sp³-hybridized carbons (Fsp3) is 0.400. The molecule has 0 unspecified atom stereocenters. The molecule has 3 amide bonds. The summed E-state index contributed by atoms with van der Waals surface area (Å²) in [7, 11) is 0. The number of amides is 3. The molecule has 38 heavy (non-hydrogen) atoms. The minimum atomic E-state index is -0.310. The Morgan fingerprint density at radius 3 is 2.34 bits per heavy atom. The van der Waals surface area contributed by atoms with Crippen LogP contribution in [-0.2, 0) is 17.9 Å². The van der Waals surface area contributed by atoms with Crippen LogP contribution in [0.3, 0.4) is 0 Å². The summed E-state index contributed by atoms with van der Waals surface area (Å²) < 4.78 is 19.0. The van der Waals surface area contributed by atoms with E-state index in [0.717, 1.165) is 53.9 Å². The first kappa shape index (κ1) is 27.6. The maximum absolute atomic E-state index is 13.8. The molecule has 4 rings (SSSR count). The SMILES string of the molecule is CCOc1ccc(NC(=O)N(CC(=O)N(Cc2ccc(F)cc2)Cc2sccc2C)C2CCCCC2)cc1. The maximum atomic E-state index is 13.8. The quantitative estimate of drug-likeness (QED) is 0.303. The Balaban J connectivity index is 1.53. The molecule has 1 aliphatic rings. The molecular weight excluding hydrogens is 501 g/mol. The van der Waals surface area contributed by atoms with E-state index in [0.29, 0.717) is 25.4 Å². The summed E-state index contributed by atoms with van der Waals surface area (Å²) in [6, 6.07) is 15.3. The van der Waals surface area contributed by atoms with Crippen molar-refractivity contribution >= 4 is 29.0 Å². The van der Waals surface area contributed by atoms with Crippen LogP contribution in [0.2, 0.25) is 0 Å². The predicted molar refractivity (Wildman–Crippen MR) is 150 cm³/mol. The lowest BCUT2D eigenvalue weighted by molar-refractivity contribution is -0.133. The molecule has 0 atom stereocenters. The highest BCUT2D eigenvalue weighted by molar-refractivity contribution is 7.10. The van der Waals surface area contributed by atoms with E-state index in [9.17, 15) is 14.0 Å². The van der Waals surface area contributed by atoms with Crippen molar-refractivity contribution in [3.63, 3.8) is 0 Å². The number of nitrogens with one attached hydrogen (secondary N) is 1. The highest BCUT2D eigenvalue weighted by Gasteiger charge is 2.29. The lowest BCUT2D eigenvalue weighted by Crippen LogP contribution is -2.49. The molecule has 3 aromatic rings. The van der Waals surface area contributed by atoms with Crippen LogP contribution < -0.4 is 10.1 Å². The number of urea groups is 1. The molecule has 1 aliphatic carbocycles. The number of anilines is 1. The van der Waals surface area contributed by atoms with Gasteiger partial charge in [-0.3, -0.25) is 4.79 Å². The molecule has 0 saturated heterocycles. The van der Waals surface area contributed by atoms with Gasteiger partial charge in [-0.2, -0.15) is 0 Å². The van der Waals surface area contributed by atoms with Crippen molar-refractivity contribution in [3.8, 4) is 5.75 Å². The maximum Gasteiger partial charge on any atom is 0.322 e. The number of hydrogen-bond acceptors (Lipinski definition) is 4. The van der Waals surface area contributed by atoms with Crippen molar-refractivity contribution in [1.29, 1.82) is 0 Å². The van der Waals surface area contributed by atoms with E-state index in [4.69, 9.17) is 4.74 Å². The zero-order chi connectivity index (χ0) is 26.9. The van der Waals surface area contributed by atoms with Gasteiger partial charge in [0.15, 0.2) is 0 Å². The zero-order valence-corrected chi connectivity index (χ0v) is 22.9. The van der Waals surface area contributed by atoms with E-state index in [1.807, 2.05) is 49.6 Å². The Bertz CT molecular complexity index is 1190. The number of ether oxygens (including phenoxy) is 1. The topological polar surface area (TPSA) is 61.9 Å². The number of rotatable bonds is 10. The number of carbonyl (C=O) groups is 2. The third-order valence-electron chi connectivity index (χ3n) is 6.94. The Morgan fingerprint density at radius 2 is 1.71 bits per heavy atom. The first-order valence-electron chi connectivity index (χ1n) is 13.3. The number of nitrogens with zero attached hydrogens (tertiary/aromatic N) is 2. The van der Waals surface area contributed by atoms with Crippen molar-refractivity contribution in [2.24, 2.45) is 0 Å². The van der Waals surface area contributed by atoms with E-state index >= 15 is 0 Å². The van der Waals surface area contributed by atoms with Gasteiger partial charge in [-0.15, -0.1) is 11.3 Å². The van der Waals surface area contributed by atoms with Gasteiger partial charge in [0, 0.05) is 23.2 Å². The fourth-order valence-corrected chi connectivity index (χ4v) is 5.70. The number of halogens is 1. The summed E-state index contributed by atoms with van der Waals surface area (Å²) in [4.78, 5) is 31.9. The van der Waals surface area contributed by atoms with Crippen LogP contribution in [-0.4, -0.2) is 40.9 Å². The second-order valence-corrected chi connectivity index (χ2v) is 10.7. The molecule has 6 nitrogen and oxygen atoms in total. The summed E-state index contributed by atoms with van der Waals surface area (Å²) >= 11 is 1.61. The number of aryl methyl sites for hydroxylation is 1. The van der Waals surface area contributed by atoms with Gasteiger partial charge < -0.3 is 19.9 Å². The standard InChI is InChI=1S/C30H36FN3O3S/c1-3-37-27-15-13-25(14-16-27)32-30(36)34(26-7-5-4-6-8-26)21-29(35)33(20-28-22(2)17-18-38-28)19-23-9-11-24(31)12-10-23/h9-18,26H,3-8,19-21H2,1-2H3,(H,32,36). The van der Waals surface area contributed by atoms with E-state index in [1.54, 1.807) is 33.3 Å². The predicted octanol–water partition coefficient (Wildman–Crippen LogP) is 6.99. The van der Waals surface area contributed by atoms with E-state index in [-0.39, 0.29) is 30.3 Å². The van der Waals surface area contributed by atoms with Crippen molar-refractivity contribution in [1.82, 2.24) is 9.80 Å². The lowest BCUT2D eigenvalue weighted by Gasteiger charge is -2.35. The van der Waals surface area contributed by atoms with E-state index in [2.05, 4.69) is 5.32 Å². The molecule has 1 fully saturated rings. The summed E-state index contributed by atoms with van der Waals surface area (Å²) in [6.07, 6.45) is 4.99. The molecule has 0 radical (unpaired) electrons. The number of thiophene rings is 1. The minimum absolute atomic E-state index is 0.00606. The molecule has 0 spiro atoms. The third kappa shape index (κ3) is 7.57. The number of benzene rings is 2. The molecule has 0 bridgehead atoms. The van der Waals surface area contributed by atoms with Gasteiger partial charge in [-0.25, -0.2) is 9.18 Å². The highest BCUT2D eigenvalue weighted by atomic mass is 32.1. The van der Waals surface area contributed by atoms with Crippen molar-refractivity contribution in [2.45, 2.75) is 65.1 Å². The highest BCUT2D eigenvalue weighted by Crippen LogP contribution is 2.25. The normalized spacial score (nSPS) is 13.7. The number of carbonyl (C=O) groups excluding carboxylic acids is 2. The minimum Gasteiger partial charge on any atom is -0.494 e. The van der Waals surface area contributed by atoms with Crippen LogP contribution in [0.1, 0.15) is 55.0 Å². The smallest absolute Gasteiger partial charge is 0.322 e. The third-order valence-corrected chi connectivity index (χ3v) is 7.95. The van der Waals surface area contributed by atoms with Gasteiger partial charge >= 0.3 is 6.03 Å². The zero-order valence-electron chi connectivity index (χ0n) is 22.1. The second kappa shape index (κ2) is 13.4. The van der Waals surface area contributed by atoms with E-state index < -0.39 is 0 Å². The molecule has 8 heteroatoms. The average Bonchev–Trinajstić information content (AvgIpc) is 3.33. The summed E-state index contributed by atoms with van der Waals surface area (Å²) in [5.41, 5.74) is 2.63. The second-order valence-electron chi connectivity index (χ2n) is 9.71. The monoisotopic (exact) mass is 537 g/mol. The van der Waals surface area contributed by atoms with Crippen molar-refractivity contribution in [3.05, 3.63) is 81.8 Å². The summed E-state index contributed by atoms with van der Waals surface area (Å²) in [5.74, 6) is 0.301.